The van der Waals surface area contributed by atoms with E-state index in [-0.39, 0.29) is 0 Å². The van der Waals surface area contributed by atoms with Crippen molar-refractivity contribution in [3.05, 3.63) is 73.3 Å². The van der Waals surface area contributed by atoms with E-state index in [0.29, 0.717) is 29.5 Å². The first-order chi connectivity index (χ1) is 15.3. The van der Waals surface area contributed by atoms with Crippen molar-refractivity contribution < 1.29 is 0 Å². The predicted molar refractivity (Wildman–Crippen MR) is 128 cm³/mol. The van der Waals surface area contributed by atoms with Gasteiger partial charge in [-0.2, -0.15) is 9.97 Å². The van der Waals surface area contributed by atoms with Gasteiger partial charge in [0.1, 0.15) is 0 Å². The lowest BCUT2D eigenvalue weighted by molar-refractivity contribution is 0.831. The Kier molecular flexibility index (Phi) is 6.47. The lowest BCUT2D eigenvalue weighted by Gasteiger charge is -2.14. The maximum atomic E-state index is 5.02. The van der Waals surface area contributed by atoms with Crippen LogP contribution in [0.15, 0.2) is 73.3 Å². The molecule has 156 valence electrons. The van der Waals surface area contributed by atoms with Crippen LogP contribution >= 0.6 is 0 Å². The summed E-state index contributed by atoms with van der Waals surface area (Å²) in [5.74, 6) is 1.20. The minimum absolute atomic E-state index is 0.507. The topological polar surface area (TPSA) is 75.6 Å². The molecule has 0 amide bonds. The maximum absolute atomic E-state index is 5.02. The van der Waals surface area contributed by atoms with Crippen LogP contribution in [0.2, 0.25) is 0 Å². The third kappa shape index (κ3) is 4.69. The zero-order chi connectivity index (χ0) is 21.5. The monoisotopic (exact) mass is 410 g/mol. The lowest BCUT2D eigenvalue weighted by atomic mass is 10.0. The van der Waals surface area contributed by atoms with Crippen LogP contribution in [0.5, 0.6) is 0 Å². The number of hydrogen-bond acceptors (Lipinski definition) is 6. The SMILES string of the molecule is C=CCNc1nc(NCCCC)c2nc(-c3ccccc3)c(-c3ccccc3)nc2n1. The van der Waals surface area contributed by atoms with Gasteiger partial charge in [0, 0.05) is 24.2 Å². The molecule has 6 nitrogen and oxygen atoms in total. The molecule has 0 saturated heterocycles. The number of nitrogens with one attached hydrogen (secondary N) is 2. The first-order valence-corrected chi connectivity index (χ1v) is 10.6. The highest BCUT2D eigenvalue weighted by molar-refractivity contribution is 5.90. The molecule has 4 rings (SSSR count). The standard InChI is InChI=1S/C25H26N6/c1-3-5-17-26-23-22-24(31-25(30-23)27-16-4-2)29-21(19-14-10-7-11-15-19)20(28-22)18-12-8-6-9-13-18/h4,6-15H,2-3,5,16-17H2,1H3,(H2,26,27,29,30,31). The summed E-state index contributed by atoms with van der Waals surface area (Å²) in [4.78, 5) is 19.3. The van der Waals surface area contributed by atoms with Crippen LogP contribution in [0, 0.1) is 0 Å². The third-order valence-electron chi connectivity index (χ3n) is 4.85. The van der Waals surface area contributed by atoms with E-state index < -0.39 is 0 Å². The van der Waals surface area contributed by atoms with Gasteiger partial charge in [0.25, 0.3) is 0 Å². The number of benzene rings is 2. The van der Waals surface area contributed by atoms with Crippen LogP contribution in [0.4, 0.5) is 11.8 Å². The van der Waals surface area contributed by atoms with Crippen molar-refractivity contribution in [1.29, 1.82) is 0 Å². The minimum atomic E-state index is 0.507. The summed E-state index contributed by atoms with van der Waals surface area (Å²) in [6, 6.07) is 20.2. The van der Waals surface area contributed by atoms with Gasteiger partial charge in [-0.15, -0.1) is 6.58 Å². The van der Waals surface area contributed by atoms with Gasteiger partial charge < -0.3 is 10.6 Å². The van der Waals surface area contributed by atoms with Gasteiger partial charge in [0.2, 0.25) is 5.95 Å². The molecule has 0 aliphatic rings. The van der Waals surface area contributed by atoms with Crippen molar-refractivity contribution in [3.8, 4) is 22.5 Å². The smallest absolute Gasteiger partial charge is 0.227 e. The van der Waals surface area contributed by atoms with Gasteiger partial charge >= 0.3 is 0 Å². The van der Waals surface area contributed by atoms with E-state index in [1.807, 2.05) is 60.7 Å². The molecule has 2 aromatic carbocycles. The molecule has 2 N–H and O–H groups in total. The van der Waals surface area contributed by atoms with Crippen molar-refractivity contribution >= 4 is 22.9 Å². The van der Waals surface area contributed by atoms with Crippen LogP contribution in [0.3, 0.4) is 0 Å². The van der Waals surface area contributed by atoms with E-state index in [1.54, 1.807) is 6.08 Å². The van der Waals surface area contributed by atoms with E-state index in [0.717, 1.165) is 41.9 Å². The quantitative estimate of drug-likeness (QED) is 0.278. The largest absolute Gasteiger partial charge is 0.368 e. The molecule has 0 saturated carbocycles. The number of anilines is 2. The van der Waals surface area contributed by atoms with E-state index in [9.17, 15) is 0 Å². The van der Waals surface area contributed by atoms with Crippen molar-refractivity contribution in [2.45, 2.75) is 19.8 Å². The molecule has 0 unspecified atom stereocenters. The molecule has 0 bridgehead atoms. The fraction of sp³-hybridized carbons (Fsp3) is 0.200. The zero-order valence-corrected chi connectivity index (χ0v) is 17.7. The van der Waals surface area contributed by atoms with Gasteiger partial charge in [-0.05, 0) is 6.42 Å². The highest BCUT2D eigenvalue weighted by Crippen LogP contribution is 2.32. The van der Waals surface area contributed by atoms with Gasteiger partial charge in [-0.1, -0.05) is 80.1 Å². The fourth-order valence-corrected chi connectivity index (χ4v) is 3.29. The molecule has 0 aliphatic carbocycles. The second-order valence-electron chi connectivity index (χ2n) is 7.17. The van der Waals surface area contributed by atoms with Crippen molar-refractivity contribution in [2.75, 3.05) is 23.7 Å². The van der Waals surface area contributed by atoms with Crippen LogP contribution < -0.4 is 10.6 Å². The minimum Gasteiger partial charge on any atom is -0.368 e. The number of unbranched alkanes of at least 4 members (excludes halogenated alkanes) is 1. The van der Waals surface area contributed by atoms with E-state index in [1.165, 1.54) is 0 Å². The normalized spacial score (nSPS) is 10.7. The summed E-state index contributed by atoms with van der Waals surface area (Å²) in [5, 5.41) is 6.60. The second-order valence-corrected chi connectivity index (χ2v) is 7.17. The van der Waals surface area contributed by atoms with Crippen molar-refractivity contribution in [3.63, 3.8) is 0 Å². The molecule has 0 aliphatic heterocycles. The van der Waals surface area contributed by atoms with Crippen LogP contribution in [0.1, 0.15) is 19.8 Å². The predicted octanol–water partition coefficient (Wildman–Crippen LogP) is 5.56. The summed E-state index contributed by atoms with van der Waals surface area (Å²) in [5.41, 5.74) is 4.83. The average molecular weight is 411 g/mol. The number of hydrogen-bond donors (Lipinski definition) is 2. The summed E-state index contributed by atoms with van der Waals surface area (Å²) in [7, 11) is 0. The molecule has 31 heavy (non-hydrogen) atoms. The lowest BCUT2D eigenvalue weighted by Crippen LogP contribution is -2.10. The zero-order valence-electron chi connectivity index (χ0n) is 17.7. The second kappa shape index (κ2) is 9.80. The Labute approximate surface area is 182 Å². The van der Waals surface area contributed by atoms with Crippen molar-refractivity contribution in [2.24, 2.45) is 0 Å². The molecule has 0 atom stereocenters. The van der Waals surface area contributed by atoms with E-state index in [4.69, 9.17) is 9.97 Å². The molecule has 6 heteroatoms. The van der Waals surface area contributed by atoms with Gasteiger partial charge in [-0.3, -0.25) is 0 Å². The highest BCUT2D eigenvalue weighted by atomic mass is 15.2. The summed E-state index contributed by atoms with van der Waals surface area (Å²) < 4.78 is 0. The van der Waals surface area contributed by atoms with Gasteiger partial charge in [0.05, 0.1) is 11.4 Å². The Bertz CT molecular complexity index is 1160. The molecule has 0 radical (unpaired) electrons. The maximum Gasteiger partial charge on any atom is 0.227 e. The Morgan fingerprint density at radius 2 is 1.45 bits per heavy atom. The molecule has 4 aromatic rings. The first kappa shape index (κ1) is 20.5. The van der Waals surface area contributed by atoms with E-state index in [2.05, 4.69) is 34.1 Å². The Morgan fingerprint density at radius 1 is 0.806 bits per heavy atom. The Hall–Kier alpha value is -3.80. The van der Waals surface area contributed by atoms with Crippen LogP contribution in [-0.2, 0) is 0 Å². The van der Waals surface area contributed by atoms with Gasteiger partial charge in [-0.25, -0.2) is 9.97 Å². The number of nitrogens with zero attached hydrogens (tertiary/aromatic N) is 4. The first-order valence-electron chi connectivity index (χ1n) is 10.6. The van der Waals surface area contributed by atoms with Crippen LogP contribution in [0.25, 0.3) is 33.7 Å². The Morgan fingerprint density at radius 3 is 2.06 bits per heavy atom. The molecule has 2 aromatic heterocycles. The van der Waals surface area contributed by atoms with Crippen LogP contribution in [-0.4, -0.2) is 33.0 Å². The Balaban J connectivity index is 1.93. The number of fused-ring (bicyclic) bond motifs is 1. The molecule has 2 heterocycles. The molecule has 0 spiro atoms. The van der Waals surface area contributed by atoms with E-state index >= 15 is 0 Å². The molecular formula is C25H26N6. The number of aromatic nitrogens is 4. The molecule has 0 fully saturated rings. The molecular weight excluding hydrogens is 384 g/mol. The van der Waals surface area contributed by atoms with Gasteiger partial charge in [0.15, 0.2) is 17.0 Å². The third-order valence-corrected chi connectivity index (χ3v) is 4.85. The van der Waals surface area contributed by atoms with Crippen molar-refractivity contribution in [1.82, 2.24) is 19.9 Å². The fourth-order valence-electron chi connectivity index (χ4n) is 3.29. The average Bonchev–Trinajstić information content (AvgIpc) is 2.83. The summed E-state index contributed by atoms with van der Waals surface area (Å²) in [6.07, 6.45) is 3.91. The highest BCUT2D eigenvalue weighted by Gasteiger charge is 2.17. The summed E-state index contributed by atoms with van der Waals surface area (Å²) in [6.45, 7) is 7.30. The summed E-state index contributed by atoms with van der Waals surface area (Å²) >= 11 is 0. The number of rotatable bonds is 9.